The summed E-state index contributed by atoms with van der Waals surface area (Å²) in [6.07, 6.45) is 3.55. The molecule has 0 bridgehead atoms. The van der Waals surface area contributed by atoms with Gasteiger partial charge in [0.15, 0.2) is 11.6 Å². The van der Waals surface area contributed by atoms with Gasteiger partial charge in [0.2, 0.25) is 0 Å². The molecule has 3 heterocycles. The smallest absolute Gasteiger partial charge is 0.323 e. The fraction of sp³-hybridized carbons (Fsp3) is 0.571. The molecule has 1 saturated heterocycles. The van der Waals surface area contributed by atoms with E-state index in [1.54, 1.807) is 15.8 Å². The van der Waals surface area contributed by atoms with Crippen LogP contribution in [0.1, 0.15) is 50.2 Å². The largest absolute Gasteiger partial charge is 0.359 e. The molecule has 8 nitrogen and oxygen atoms in total. The van der Waals surface area contributed by atoms with Crippen LogP contribution < -0.4 is 5.32 Å². The summed E-state index contributed by atoms with van der Waals surface area (Å²) in [5, 5.41) is 14.6. The van der Waals surface area contributed by atoms with Gasteiger partial charge in [0.05, 0.1) is 17.9 Å². The van der Waals surface area contributed by atoms with Crippen molar-refractivity contribution in [3.63, 3.8) is 0 Å². The van der Waals surface area contributed by atoms with Crippen LogP contribution in [-0.2, 0) is 0 Å². The second-order valence-corrected chi connectivity index (χ2v) is 5.83. The Morgan fingerprint density at radius 3 is 2.95 bits per heavy atom. The van der Waals surface area contributed by atoms with E-state index in [4.69, 9.17) is 4.52 Å². The molecule has 1 unspecified atom stereocenters. The van der Waals surface area contributed by atoms with Crippen molar-refractivity contribution in [1.29, 1.82) is 0 Å². The summed E-state index contributed by atoms with van der Waals surface area (Å²) < 4.78 is 7.02. The van der Waals surface area contributed by atoms with Crippen LogP contribution in [0.2, 0.25) is 0 Å². The summed E-state index contributed by atoms with van der Waals surface area (Å²) in [6, 6.07) is 1.83. The van der Waals surface area contributed by atoms with Crippen molar-refractivity contribution < 1.29 is 9.32 Å². The summed E-state index contributed by atoms with van der Waals surface area (Å²) in [7, 11) is 0. The van der Waals surface area contributed by atoms with Gasteiger partial charge in [-0.25, -0.2) is 9.48 Å². The SMILES string of the molecule is Cc1cc(C2CCCN2C(=O)Nc2cn(C(C)C)nn2)on1. The molecule has 0 spiro atoms. The van der Waals surface area contributed by atoms with Crippen LogP contribution in [0.25, 0.3) is 0 Å². The van der Waals surface area contributed by atoms with E-state index in [9.17, 15) is 4.79 Å². The molecule has 3 rings (SSSR count). The standard InChI is InChI=1S/C14H20N6O2/c1-9(2)20-8-13(16-18-20)15-14(21)19-6-4-5-11(19)12-7-10(3)17-22-12/h7-9,11H,4-6H2,1-3H3,(H,15,21). The van der Waals surface area contributed by atoms with Crippen molar-refractivity contribution in [1.82, 2.24) is 25.1 Å². The molecule has 1 aliphatic heterocycles. The first-order valence-electron chi connectivity index (χ1n) is 7.47. The molecule has 8 heteroatoms. The molecule has 2 aromatic rings. The number of hydrogen-bond acceptors (Lipinski definition) is 5. The van der Waals surface area contributed by atoms with E-state index in [2.05, 4.69) is 20.8 Å². The molecular weight excluding hydrogens is 284 g/mol. The van der Waals surface area contributed by atoms with Gasteiger partial charge in [0, 0.05) is 18.7 Å². The number of carbonyl (C=O) groups excluding carboxylic acids is 1. The van der Waals surface area contributed by atoms with Crippen molar-refractivity contribution in [2.24, 2.45) is 0 Å². The van der Waals surface area contributed by atoms with Crippen molar-refractivity contribution in [3.8, 4) is 0 Å². The lowest BCUT2D eigenvalue weighted by Crippen LogP contribution is -2.34. The molecular formula is C14H20N6O2. The Kier molecular flexibility index (Phi) is 3.82. The van der Waals surface area contributed by atoms with E-state index < -0.39 is 0 Å². The third-order valence-corrected chi connectivity index (χ3v) is 3.76. The fourth-order valence-corrected chi connectivity index (χ4v) is 2.61. The first kappa shape index (κ1) is 14.6. The first-order valence-corrected chi connectivity index (χ1v) is 7.47. The maximum Gasteiger partial charge on any atom is 0.323 e. The van der Waals surface area contributed by atoms with Crippen LogP contribution in [0, 0.1) is 6.92 Å². The number of aromatic nitrogens is 4. The maximum atomic E-state index is 12.5. The minimum Gasteiger partial charge on any atom is -0.359 e. The highest BCUT2D eigenvalue weighted by molar-refractivity contribution is 5.88. The predicted octanol–water partition coefficient (Wildman–Crippen LogP) is 2.52. The molecule has 22 heavy (non-hydrogen) atoms. The number of nitrogens with zero attached hydrogens (tertiary/aromatic N) is 5. The number of aryl methyl sites for hydroxylation is 1. The maximum absolute atomic E-state index is 12.5. The number of amides is 2. The third kappa shape index (κ3) is 2.81. The lowest BCUT2D eigenvalue weighted by molar-refractivity contribution is 0.195. The molecule has 2 amide bonds. The van der Waals surface area contributed by atoms with Crippen LogP contribution in [0.15, 0.2) is 16.8 Å². The zero-order chi connectivity index (χ0) is 15.7. The van der Waals surface area contributed by atoms with E-state index in [0.29, 0.717) is 12.4 Å². The summed E-state index contributed by atoms with van der Waals surface area (Å²) in [4.78, 5) is 14.2. The van der Waals surface area contributed by atoms with Gasteiger partial charge >= 0.3 is 6.03 Å². The quantitative estimate of drug-likeness (QED) is 0.941. The summed E-state index contributed by atoms with van der Waals surface area (Å²) in [5.74, 6) is 1.19. The normalized spacial score (nSPS) is 18.2. The average Bonchev–Trinajstić information content (AvgIpc) is 3.16. The Labute approximate surface area is 128 Å². The Hall–Kier alpha value is -2.38. The number of hydrogen-bond donors (Lipinski definition) is 1. The highest BCUT2D eigenvalue weighted by Crippen LogP contribution is 2.32. The van der Waals surface area contributed by atoms with Crippen LogP contribution >= 0.6 is 0 Å². The van der Waals surface area contributed by atoms with Crippen LogP contribution in [0.5, 0.6) is 0 Å². The molecule has 1 atom stereocenters. The Bertz CT molecular complexity index is 662. The number of anilines is 1. The minimum atomic E-state index is -0.188. The third-order valence-electron chi connectivity index (χ3n) is 3.76. The summed E-state index contributed by atoms with van der Waals surface area (Å²) >= 11 is 0. The van der Waals surface area contributed by atoms with Crippen molar-refractivity contribution in [3.05, 3.63) is 23.7 Å². The topological polar surface area (TPSA) is 89.1 Å². The molecule has 1 aliphatic rings. The van der Waals surface area contributed by atoms with Gasteiger partial charge in [-0.1, -0.05) is 10.4 Å². The highest BCUT2D eigenvalue weighted by atomic mass is 16.5. The second kappa shape index (κ2) is 5.78. The van der Waals surface area contributed by atoms with Crippen LogP contribution in [-0.4, -0.2) is 37.6 Å². The minimum absolute atomic E-state index is 0.0682. The Morgan fingerprint density at radius 1 is 1.50 bits per heavy atom. The van der Waals surface area contributed by atoms with Gasteiger partial charge in [-0.05, 0) is 33.6 Å². The molecule has 0 radical (unpaired) electrons. The molecule has 2 aromatic heterocycles. The molecule has 0 saturated carbocycles. The van der Waals surface area contributed by atoms with Gasteiger partial charge in [-0.15, -0.1) is 5.10 Å². The zero-order valence-electron chi connectivity index (χ0n) is 13.0. The summed E-state index contributed by atoms with van der Waals surface area (Å²) in [5.41, 5.74) is 0.821. The van der Waals surface area contributed by atoms with Crippen molar-refractivity contribution in [2.45, 2.75) is 45.7 Å². The van der Waals surface area contributed by atoms with E-state index >= 15 is 0 Å². The van der Waals surface area contributed by atoms with E-state index in [0.717, 1.165) is 24.3 Å². The Morgan fingerprint density at radius 2 is 2.32 bits per heavy atom. The lowest BCUT2D eigenvalue weighted by atomic mass is 10.1. The molecule has 0 aromatic carbocycles. The van der Waals surface area contributed by atoms with E-state index in [1.165, 1.54) is 0 Å². The zero-order valence-corrected chi connectivity index (χ0v) is 13.0. The number of carbonyl (C=O) groups is 1. The van der Waals surface area contributed by atoms with Gasteiger partial charge < -0.3 is 9.42 Å². The first-order chi connectivity index (χ1) is 10.5. The monoisotopic (exact) mass is 304 g/mol. The lowest BCUT2D eigenvalue weighted by Gasteiger charge is -2.22. The van der Waals surface area contributed by atoms with Gasteiger partial charge in [0.1, 0.15) is 0 Å². The predicted molar refractivity (Wildman–Crippen MR) is 79.3 cm³/mol. The number of likely N-dealkylation sites (tertiary alicyclic amines) is 1. The highest BCUT2D eigenvalue weighted by Gasteiger charge is 2.33. The fourth-order valence-electron chi connectivity index (χ4n) is 2.61. The van der Waals surface area contributed by atoms with Gasteiger partial charge in [-0.3, -0.25) is 5.32 Å². The number of rotatable bonds is 3. The van der Waals surface area contributed by atoms with Gasteiger partial charge in [0.25, 0.3) is 0 Å². The van der Waals surface area contributed by atoms with E-state index in [1.807, 2.05) is 26.8 Å². The van der Waals surface area contributed by atoms with Crippen molar-refractivity contribution >= 4 is 11.8 Å². The Balaban J connectivity index is 1.70. The molecule has 118 valence electrons. The average molecular weight is 304 g/mol. The molecule has 1 N–H and O–H groups in total. The molecule has 1 fully saturated rings. The van der Waals surface area contributed by atoms with Crippen molar-refractivity contribution in [2.75, 3.05) is 11.9 Å². The van der Waals surface area contributed by atoms with Gasteiger partial charge in [-0.2, -0.15) is 0 Å². The number of nitrogens with one attached hydrogen (secondary N) is 1. The molecule has 0 aliphatic carbocycles. The van der Waals surface area contributed by atoms with Crippen LogP contribution in [0.3, 0.4) is 0 Å². The second-order valence-electron chi connectivity index (χ2n) is 5.83. The summed E-state index contributed by atoms with van der Waals surface area (Å²) in [6.45, 7) is 6.57. The van der Waals surface area contributed by atoms with Crippen LogP contribution in [0.4, 0.5) is 10.6 Å². The number of urea groups is 1. The van der Waals surface area contributed by atoms with E-state index in [-0.39, 0.29) is 18.1 Å².